The van der Waals surface area contributed by atoms with Gasteiger partial charge in [0.15, 0.2) is 0 Å². The Morgan fingerprint density at radius 2 is 2.22 bits per heavy atom. The third-order valence-electron chi connectivity index (χ3n) is 3.37. The largest absolute Gasteiger partial charge is 0.379 e. The highest BCUT2D eigenvalue weighted by atomic mass is 35.5. The van der Waals surface area contributed by atoms with Gasteiger partial charge in [-0.15, -0.1) is 0 Å². The number of hydrogen-bond donors (Lipinski definition) is 1. The van der Waals surface area contributed by atoms with Gasteiger partial charge in [-0.1, -0.05) is 31.5 Å². The lowest BCUT2D eigenvalue weighted by Gasteiger charge is -2.33. The Balaban J connectivity index is 2.05. The van der Waals surface area contributed by atoms with Gasteiger partial charge in [0.1, 0.15) is 5.82 Å². The van der Waals surface area contributed by atoms with E-state index < -0.39 is 0 Å². The molecule has 2 nitrogen and oxygen atoms in total. The quantitative estimate of drug-likeness (QED) is 0.894. The van der Waals surface area contributed by atoms with E-state index in [-0.39, 0.29) is 18.0 Å². The Labute approximate surface area is 112 Å². The molecule has 0 bridgehead atoms. The number of halogens is 2. The van der Waals surface area contributed by atoms with Crippen LogP contribution < -0.4 is 5.32 Å². The molecule has 0 aromatic heterocycles. The minimum Gasteiger partial charge on any atom is -0.379 e. The van der Waals surface area contributed by atoms with Gasteiger partial charge in [0.25, 0.3) is 0 Å². The fourth-order valence-corrected chi connectivity index (χ4v) is 2.48. The fourth-order valence-electron chi connectivity index (χ4n) is 2.26. The number of hydrogen-bond acceptors (Lipinski definition) is 2. The van der Waals surface area contributed by atoms with E-state index in [2.05, 4.69) is 19.2 Å². The number of para-hydroxylation sites is 1. The van der Waals surface area contributed by atoms with E-state index in [1.807, 2.05) is 0 Å². The molecule has 1 aliphatic rings. The number of nitrogens with one attached hydrogen (secondary N) is 1. The molecule has 1 aliphatic heterocycles. The van der Waals surface area contributed by atoms with Crippen molar-refractivity contribution in [1.82, 2.24) is 0 Å². The van der Waals surface area contributed by atoms with Gasteiger partial charge >= 0.3 is 0 Å². The Bertz CT molecular complexity index is 391. The van der Waals surface area contributed by atoms with Gasteiger partial charge in [0, 0.05) is 12.6 Å². The summed E-state index contributed by atoms with van der Waals surface area (Å²) < 4.78 is 19.4. The molecular weight excluding hydrogens is 253 g/mol. The molecular formula is C14H19ClFNO. The summed E-state index contributed by atoms with van der Waals surface area (Å²) in [5.74, 6) is 0.181. The predicted molar refractivity (Wildman–Crippen MR) is 72.6 cm³/mol. The molecule has 1 aromatic carbocycles. The van der Waals surface area contributed by atoms with Gasteiger partial charge < -0.3 is 10.1 Å². The summed E-state index contributed by atoms with van der Waals surface area (Å²) in [6, 6.07) is 4.96. The summed E-state index contributed by atoms with van der Waals surface area (Å²) >= 11 is 6.01. The molecule has 0 aliphatic carbocycles. The minimum absolute atomic E-state index is 0.223. The van der Waals surface area contributed by atoms with Gasteiger partial charge in [-0.05, 0) is 30.9 Å². The molecule has 0 radical (unpaired) electrons. The molecule has 0 saturated carbocycles. The van der Waals surface area contributed by atoms with Crippen LogP contribution in [0.5, 0.6) is 0 Å². The highest BCUT2D eigenvalue weighted by Crippen LogP contribution is 2.29. The predicted octanol–water partition coefficient (Wildman–Crippen LogP) is 4.09. The average Bonchev–Trinajstić information content (AvgIpc) is 2.34. The molecule has 18 heavy (non-hydrogen) atoms. The molecule has 2 unspecified atom stereocenters. The van der Waals surface area contributed by atoms with E-state index in [1.165, 1.54) is 6.07 Å². The number of anilines is 1. The number of benzene rings is 1. The molecule has 1 aromatic rings. The van der Waals surface area contributed by atoms with Crippen molar-refractivity contribution in [2.24, 2.45) is 5.92 Å². The maximum Gasteiger partial charge on any atom is 0.147 e. The molecule has 0 spiro atoms. The lowest BCUT2D eigenvalue weighted by atomic mass is 9.95. The van der Waals surface area contributed by atoms with Crippen LogP contribution in [0.15, 0.2) is 18.2 Å². The molecule has 1 saturated heterocycles. The van der Waals surface area contributed by atoms with Crippen LogP contribution >= 0.6 is 11.6 Å². The Morgan fingerprint density at radius 1 is 1.44 bits per heavy atom. The van der Waals surface area contributed by atoms with E-state index in [0.29, 0.717) is 23.2 Å². The van der Waals surface area contributed by atoms with Crippen molar-refractivity contribution in [2.45, 2.75) is 38.8 Å². The topological polar surface area (TPSA) is 21.3 Å². The van der Waals surface area contributed by atoms with E-state index in [9.17, 15) is 4.39 Å². The molecule has 1 fully saturated rings. The standard InChI is InChI=1S/C14H19ClFNO/c1-9(2)13-8-10(6-7-18-13)17-14-11(15)4-3-5-12(14)16/h3-5,9-10,13,17H,6-8H2,1-2H3. The summed E-state index contributed by atoms with van der Waals surface area (Å²) in [7, 11) is 0. The highest BCUT2D eigenvalue weighted by molar-refractivity contribution is 6.33. The fraction of sp³-hybridized carbons (Fsp3) is 0.571. The summed E-state index contributed by atoms with van der Waals surface area (Å²) in [5.41, 5.74) is 0.411. The van der Waals surface area contributed by atoms with E-state index in [0.717, 1.165) is 12.8 Å². The van der Waals surface area contributed by atoms with Crippen LogP contribution in [0.2, 0.25) is 5.02 Å². The summed E-state index contributed by atoms with van der Waals surface area (Å²) in [6.07, 6.45) is 2.01. The van der Waals surface area contributed by atoms with Crippen molar-refractivity contribution in [1.29, 1.82) is 0 Å². The zero-order valence-electron chi connectivity index (χ0n) is 10.7. The van der Waals surface area contributed by atoms with Crippen LogP contribution in [-0.4, -0.2) is 18.8 Å². The van der Waals surface area contributed by atoms with Crippen LogP contribution in [0.3, 0.4) is 0 Å². The summed E-state index contributed by atoms with van der Waals surface area (Å²) in [5, 5.41) is 3.65. The highest BCUT2D eigenvalue weighted by Gasteiger charge is 2.25. The second-order valence-corrected chi connectivity index (χ2v) is 5.52. The first-order valence-electron chi connectivity index (χ1n) is 6.40. The summed E-state index contributed by atoms with van der Waals surface area (Å²) in [4.78, 5) is 0. The molecule has 0 amide bonds. The van der Waals surface area contributed by atoms with Gasteiger partial charge in [-0.2, -0.15) is 0 Å². The number of ether oxygens (including phenoxy) is 1. The van der Waals surface area contributed by atoms with Gasteiger partial charge in [-0.3, -0.25) is 0 Å². The SMILES string of the molecule is CC(C)C1CC(Nc2c(F)cccc2Cl)CCO1. The average molecular weight is 272 g/mol. The lowest BCUT2D eigenvalue weighted by Crippen LogP contribution is -2.36. The molecule has 1 N–H and O–H groups in total. The minimum atomic E-state index is -0.296. The van der Waals surface area contributed by atoms with Gasteiger partial charge in [-0.25, -0.2) is 4.39 Å². The third-order valence-corrected chi connectivity index (χ3v) is 3.68. The first-order chi connectivity index (χ1) is 8.58. The van der Waals surface area contributed by atoms with E-state index in [1.54, 1.807) is 12.1 Å². The van der Waals surface area contributed by atoms with Gasteiger partial charge in [0.2, 0.25) is 0 Å². The lowest BCUT2D eigenvalue weighted by molar-refractivity contribution is -0.0161. The second kappa shape index (κ2) is 5.89. The Kier molecular flexibility index (Phi) is 4.46. The van der Waals surface area contributed by atoms with Crippen molar-refractivity contribution >= 4 is 17.3 Å². The number of rotatable bonds is 3. The van der Waals surface area contributed by atoms with Crippen molar-refractivity contribution in [2.75, 3.05) is 11.9 Å². The van der Waals surface area contributed by atoms with Crippen molar-refractivity contribution in [3.05, 3.63) is 29.0 Å². The maximum atomic E-state index is 13.7. The van der Waals surface area contributed by atoms with Gasteiger partial charge in [0.05, 0.1) is 16.8 Å². The van der Waals surface area contributed by atoms with Crippen molar-refractivity contribution in [3.8, 4) is 0 Å². The second-order valence-electron chi connectivity index (χ2n) is 5.12. The molecule has 100 valence electrons. The molecule has 2 atom stereocenters. The molecule has 1 heterocycles. The zero-order valence-corrected chi connectivity index (χ0v) is 11.5. The summed E-state index contributed by atoms with van der Waals surface area (Å²) in [6.45, 7) is 5.00. The van der Waals surface area contributed by atoms with E-state index in [4.69, 9.17) is 16.3 Å². The Morgan fingerprint density at radius 3 is 2.89 bits per heavy atom. The zero-order chi connectivity index (χ0) is 13.1. The van der Waals surface area contributed by atoms with Crippen LogP contribution in [0.25, 0.3) is 0 Å². The molecule has 4 heteroatoms. The first-order valence-corrected chi connectivity index (χ1v) is 6.78. The van der Waals surface area contributed by atoms with Crippen LogP contribution in [-0.2, 0) is 4.74 Å². The van der Waals surface area contributed by atoms with Crippen molar-refractivity contribution < 1.29 is 9.13 Å². The monoisotopic (exact) mass is 271 g/mol. The maximum absolute atomic E-state index is 13.7. The molecule has 2 rings (SSSR count). The Hall–Kier alpha value is -0.800. The van der Waals surface area contributed by atoms with Crippen LogP contribution in [0.1, 0.15) is 26.7 Å². The smallest absolute Gasteiger partial charge is 0.147 e. The van der Waals surface area contributed by atoms with Crippen LogP contribution in [0, 0.1) is 11.7 Å². The van der Waals surface area contributed by atoms with Crippen LogP contribution in [0.4, 0.5) is 10.1 Å². The van der Waals surface area contributed by atoms with E-state index >= 15 is 0 Å². The van der Waals surface area contributed by atoms with Crippen molar-refractivity contribution in [3.63, 3.8) is 0 Å². The first kappa shape index (κ1) is 13.6. The normalized spacial score (nSPS) is 24.3. The third kappa shape index (κ3) is 3.15.